The SMILES string of the molecule is Cc1ccc(C)c(Nc2cc(C(=O)NCC3CCCO3)nc(C)n2)c1. The van der Waals surface area contributed by atoms with Crippen molar-refractivity contribution in [2.24, 2.45) is 0 Å². The van der Waals surface area contributed by atoms with Crippen molar-refractivity contribution in [3.05, 3.63) is 46.9 Å². The van der Waals surface area contributed by atoms with Crippen LogP contribution in [0.3, 0.4) is 0 Å². The van der Waals surface area contributed by atoms with E-state index >= 15 is 0 Å². The van der Waals surface area contributed by atoms with Crippen LogP contribution in [0.25, 0.3) is 0 Å². The van der Waals surface area contributed by atoms with Crippen molar-refractivity contribution in [3.63, 3.8) is 0 Å². The van der Waals surface area contributed by atoms with Crippen LogP contribution >= 0.6 is 0 Å². The van der Waals surface area contributed by atoms with Gasteiger partial charge in [0.2, 0.25) is 0 Å². The molecule has 2 heterocycles. The zero-order valence-electron chi connectivity index (χ0n) is 14.9. The van der Waals surface area contributed by atoms with Crippen molar-refractivity contribution in [2.45, 2.75) is 39.7 Å². The minimum atomic E-state index is -0.204. The van der Waals surface area contributed by atoms with E-state index in [4.69, 9.17) is 4.74 Å². The summed E-state index contributed by atoms with van der Waals surface area (Å²) in [6, 6.07) is 7.86. The summed E-state index contributed by atoms with van der Waals surface area (Å²) in [4.78, 5) is 21.0. The van der Waals surface area contributed by atoms with Crippen molar-refractivity contribution in [2.75, 3.05) is 18.5 Å². The number of ether oxygens (including phenoxy) is 1. The van der Waals surface area contributed by atoms with Crippen molar-refractivity contribution >= 4 is 17.4 Å². The summed E-state index contributed by atoms with van der Waals surface area (Å²) in [5.74, 6) is 0.964. The van der Waals surface area contributed by atoms with Crippen LogP contribution in [-0.2, 0) is 4.74 Å². The molecule has 1 fully saturated rings. The molecule has 1 aliphatic heterocycles. The fourth-order valence-electron chi connectivity index (χ4n) is 2.86. The molecule has 1 saturated heterocycles. The predicted octanol–water partition coefficient (Wildman–Crippen LogP) is 3.05. The molecular weight excluding hydrogens is 316 g/mol. The Morgan fingerprint density at radius 2 is 2.08 bits per heavy atom. The number of carbonyl (C=O) groups is 1. The molecule has 25 heavy (non-hydrogen) atoms. The molecule has 2 N–H and O–H groups in total. The van der Waals surface area contributed by atoms with Gasteiger partial charge in [-0.1, -0.05) is 12.1 Å². The second kappa shape index (κ2) is 7.61. The summed E-state index contributed by atoms with van der Waals surface area (Å²) >= 11 is 0. The van der Waals surface area contributed by atoms with Gasteiger partial charge in [0.1, 0.15) is 17.3 Å². The molecule has 2 aromatic rings. The van der Waals surface area contributed by atoms with Crippen molar-refractivity contribution in [1.29, 1.82) is 0 Å². The molecule has 1 amide bonds. The van der Waals surface area contributed by atoms with Gasteiger partial charge in [0.15, 0.2) is 0 Å². The van der Waals surface area contributed by atoms with Crippen LogP contribution in [0.1, 0.15) is 40.3 Å². The Bertz CT molecular complexity index is 770. The van der Waals surface area contributed by atoms with E-state index in [9.17, 15) is 4.79 Å². The Labute approximate surface area is 148 Å². The number of carbonyl (C=O) groups excluding carboxylic acids is 1. The summed E-state index contributed by atoms with van der Waals surface area (Å²) in [5.41, 5.74) is 3.61. The number of amides is 1. The van der Waals surface area contributed by atoms with Crippen LogP contribution in [0, 0.1) is 20.8 Å². The van der Waals surface area contributed by atoms with Gasteiger partial charge in [0.05, 0.1) is 6.10 Å². The van der Waals surface area contributed by atoms with E-state index < -0.39 is 0 Å². The number of anilines is 2. The number of benzene rings is 1. The maximum Gasteiger partial charge on any atom is 0.270 e. The molecule has 3 rings (SSSR count). The lowest BCUT2D eigenvalue weighted by Crippen LogP contribution is -2.32. The zero-order valence-corrected chi connectivity index (χ0v) is 14.9. The summed E-state index contributed by atoms with van der Waals surface area (Å²) in [5, 5.41) is 6.19. The van der Waals surface area contributed by atoms with Gasteiger partial charge < -0.3 is 15.4 Å². The highest BCUT2D eigenvalue weighted by molar-refractivity contribution is 5.93. The lowest BCUT2D eigenvalue weighted by atomic mass is 10.1. The number of aromatic nitrogens is 2. The minimum absolute atomic E-state index is 0.111. The highest BCUT2D eigenvalue weighted by atomic mass is 16.5. The molecule has 132 valence electrons. The number of rotatable bonds is 5. The van der Waals surface area contributed by atoms with Crippen LogP contribution in [0.5, 0.6) is 0 Å². The zero-order chi connectivity index (χ0) is 17.8. The third-order valence-corrected chi connectivity index (χ3v) is 4.24. The number of nitrogens with one attached hydrogen (secondary N) is 2. The van der Waals surface area contributed by atoms with E-state index in [-0.39, 0.29) is 12.0 Å². The molecule has 6 nitrogen and oxygen atoms in total. The number of nitrogens with zero attached hydrogens (tertiary/aromatic N) is 2. The fraction of sp³-hybridized carbons (Fsp3) is 0.421. The van der Waals surface area contributed by atoms with Crippen molar-refractivity contribution in [3.8, 4) is 0 Å². The van der Waals surface area contributed by atoms with Gasteiger partial charge in [-0.3, -0.25) is 4.79 Å². The van der Waals surface area contributed by atoms with Gasteiger partial charge >= 0.3 is 0 Å². The lowest BCUT2D eigenvalue weighted by Gasteiger charge is -2.13. The Kier molecular flexibility index (Phi) is 5.28. The standard InChI is InChI=1S/C19H24N4O2/c1-12-6-7-13(2)16(9-12)23-18-10-17(21-14(3)22-18)19(24)20-11-15-5-4-8-25-15/h6-7,9-10,15H,4-5,8,11H2,1-3H3,(H,20,24)(H,21,22,23). The summed E-state index contributed by atoms with van der Waals surface area (Å²) in [7, 11) is 0. The molecule has 6 heteroatoms. The molecule has 1 unspecified atom stereocenters. The van der Waals surface area contributed by atoms with Crippen LogP contribution < -0.4 is 10.6 Å². The number of hydrogen-bond acceptors (Lipinski definition) is 5. The van der Waals surface area contributed by atoms with Gasteiger partial charge in [-0.2, -0.15) is 0 Å². The van der Waals surface area contributed by atoms with Gasteiger partial charge in [-0.15, -0.1) is 0 Å². The Balaban J connectivity index is 1.73. The van der Waals surface area contributed by atoms with E-state index in [0.717, 1.165) is 36.3 Å². The average molecular weight is 340 g/mol. The van der Waals surface area contributed by atoms with E-state index in [1.165, 1.54) is 0 Å². The maximum absolute atomic E-state index is 12.4. The molecule has 0 aliphatic carbocycles. The first kappa shape index (κ1) is 17.4. The summed E-state index contributed by atoms with van der Waals surface area (Å²) in [6.07, 6.45) is 2.15. The minimum Gasteiger partial charge on any atom is -0.376 e. The molecule has 0 bridgehead atoms. The Morgan fingerprint density at radius 1 is 1.24 bits per heavy atom. The van der Waals surface area contributed by atoms with Crippen molar-refractivity contribution in [1.82, 2.24) is 15.3 Å². The molecule has 1 aromatic heterocycles. The second-order valence-electron chi connectivity index (χ2n) is 6.47. The normalized spacial score (nSPS) is 16.7. The second-order valence-corrected chi connectivity index (χ2v) is 6.47. The van der Waals surface area contributed by atoms with Gasteiger partial charge in [-0.25, -0.2) is 9.97 Å². The van der Waals surface area contributed by atoms with Crippen molar-refractivity contribution < 1.29 is 9.53 Å². The Hall–Kier alpha value is -2.47. The number of hydrogen-bond donors (Lipinski definition) is 2. The van der Waals surface area contributed by atoms with E-state index in [2.05, 4.69) is 38.8 Å². The van der Waals surface area contributed by atoms with E-state index in [0.29, 0.717) is 23.9 Å². The van der Waals surface area contributed by atoms with Gasteiger partial charge in [0, 0.05) is 24.9 Å². The molecule has 0 radical (unpaired) electrons. The first-order valence-electron chi connectivity index (χ1n) is 8.61. The molecule has 1 aliphatic rings. The van der Waals surface area contributed by atoms with E-state index in [1.54, 1.807) is 13.0 Å². The molecular formula is C19H24N4O2. The third-order valence-electron chi connectivity index (χ3n) is 4.24. The van der Waals surface area contributed by atoms with Gasteiger partial charge in [-0.05, 0) is 50.8 Å². The lowest BCUT2D eigenvalue weighted by molar-refractivity contribution is 0.0853. The van der Waals surface area contributed by atoms with Crippen LogP contribution in [0.15, 0.2) is 24.3 Å². The summed E-state index contributed by atoms with van der Waals surface area (Å²) in [6.45, 7) is 7.15. The quantitative estimate of drug-likeness (QED) is 0.875. The smallest absolute Gasteiger partial charge is 0.270 e. The van der Waals surface area contributed by atoms with E-state index in [1.807, 2.05) is 13.8 Å². The molecule has 0 spiro atoms. The average Bonchev–Trinajstić information content (AvgIpc) is 3.09. The molecule has 1 atom stereocenters. The largest absolute Gasteiger partial charge is 0.376 e. The molecule has 0 saturated carbocycles. The first-order valence-corrected chi connectivity index (χ1v) is 8.61. The highest BCUT2D eigenvalue weighted by Gasteiger charge is 2.18. The van der Waals surface area contributed by atoms with Crippen LogP contribution in [0.4, 0.5) is 11.5 Å². The fourth-order valence-corrected chi connectivity index (χ4v) is 2.86. The Morgan fingerprint density at radius 3 is 2.84 bits per heavy atom. The maximum atomic E-state index is 12.4. The highest BCUT2D eigenvalue weighted by Crippen LogP contribution is 2.21. The summed E-state index contributed by atoms with van der Waals surface area (Å²) < 4.78 is 5.53. The van der Waals surface area contributed by atoms with Gasteiger partial charge in [0.25, 0.3) is 5.91 Å². The van der Waals surface area contributed by atoms with Crippen LogP contribution in [-0.4, -0.2) is 35.1 Å². The van der Waals surface area contributed by atoms with Crippen LogP contribution in [0.2, 0.25) is 0 Å². The monoisotopic (exact) mass is 340 g/mol. The molecule has 1 aromatic carbocycles. The third kappa shape index (κ3) is 4.54. The first-order chi connectivity index (χ1) is 12.0. The predicted molar refractivity (Wildman–Crippen MR) is 97.3 cm³/mol. The topological polar surface area (TPSA) is 76.1 Å². The number of aryl methyl sites for hydroxylation is 3.